The highest BCUT2D eigenvalue weighted by Gasteiger charge is 2.25. The van der Waals surface area contributed by atoms with E-state index in [0.29, 0.717) is 12.0 Å². The fraction of sp³-hybridized carbons (Fsp3) is 0.368. The summed E-state index contributed by atoms with van der Waals surface area (Å²) < 4.78 is 0. The van der Waals surface area contributed by atoms with Crippen molar-refractivity contribution in [2.24, 2.45) is 5.92 Å². The predicted octanol–water partition coefficient (Wildman–Crippen LogP) is 4.28. The first-order chi connectivity index (χ1) is 10.3. The Balaban J connectivity index is 1.73. The van der Waals surface area contributed by atoms with Crippen LogP contribution in [0.5, 0.6) is 0 Å². The van der Waals surface area contributed by atoms with E-state index in [1.807, 2.05) is 12.1 Å². The fourth-order valence-corrected chi connectivity index (χ4v) is 3.70. The van der Waals surface area contributed by atoms with E-state index in [-0.39, 0.29) is 0 Å². The molecule has 0 bridgehead atoms. The van der Waals surface area contributed by atoms with E-state index in [0.717, 1.165) is 11.4 Å². The maximum atomic E-state index is 6.10. The summed E-state index contributed by atoms with van der Waals surface area (Å²) in [4.78, 5) is 0. The van der Waals surface area contributed by atoms with Gasteiger partial charge in [-0.25, -0.2) is 0 Å². The summed E-state index contributed by atoms with van der Waals surface area (Å²) in [7, 11) is 2.08. The lowest BCUT2D eigenvalue weighted by Gasteiger charge is -2.31. The Morgan fingerprint density at radius 2 is 1.95 bits per heavy atom. The third-order valence-electron chi connectivity index (χ3n) is 4.67. The molecule has 1 nitrogen and oxygen atoms in total. The molecule has 2 unspecified atom stereocenters. The number of aryl methyl sites for hydroxylation is 1. The Hall–Kier alpha value is -1.31. The van der Waals surface area contributed by atoms with Crippen LogP contribution in [0.2, 0.25) is 5.02 Å². The average Bonchev–Trinajstić information content (AvgIpc) is 2.52. The normalized spacial score (nSPS) is 19.0. The van der Waals surface area contributed by atoms with E-state index < -0.39 is 0 Å². The SMILES string of the molecule is CNC(Cc1cccc(Cl)c1)C1CCc2ccccc2C1. The molecule has 21 heavy (non-hydrogen) atoms. The molecule has 2 atom stereocenters. The standard InChI is InChI=1S/C19H22ClN/c1-21-19(12-14-5-4-8-18(20)11-14)17-10-9-15-6-2-3-7-16(15)13-17/h2-8,11,17,19,21H,9-10,12-13H2,1H3. The number of likely N-dealkylation sites (N-methyl/N-ethyl adjacent to an activating group) is 1. The third-order valence-corrected chi connectivity index (χ3v) is 4.90. The summed E-state index contributed by atoms with van der Waals surface area (Å²) in [5.74, 6) is 0.698. The molecule has 0 aromatic heterocycles. The highest BCUT2D eigenvalue weighted by molar-refractivity contribution is 6.30. The van der Waals surface area contributed by atoms with E-state index >= 15 is 0 Å². The van der Waals surface area contributed by atoms with Gasteiger partial charge in [0.2, 0.25) is 0 Å². The summed E-state index contributed by atoms with van der Waals surface area (Å²) in [6.07, 6.45) is 4.70. The number of fused-ring (bicyclic) bond motifs is 1. The molecule has 0 amide bonds. The van der Waals surface area contributed by atoms with Crippen molar-refractivity contribution in [1.29, 1.82) is 0 Å². The molecule has 0 radical (unpaired) electrons. The van der Waals surface area contributed by atoms with Crippen molar-refractivity contribution in [2.75, 3.05) is 7.05 Å². The van der Waals surface area contributed by atoms with E-state index in [2.05, 4.69) is 48.8 Å². The second kappa shape index (κ2) is 6.64. The molecule has 110 valence electrons. The molecule has 0 heterocycles. The quantitative estimate of drug-likeness (QED) is 0.889. The van der Waals surface area contributed by atoms with E-state index in [9.17, 15) is 0 Å². The topological polar surface area (TPSA) is 12.0 Å². The highest BCUT2D eigenvalue weighted by Crippen LogP contribution is 2.29. The number of benzene rings is 2. The first kappa shape index (κ1) is 14.6. The minimum absolute atomic E-state index is 0.511. The molecule has 0 fully saturated rings. The second-order valence-corrected chi connectivity index (χ2v) is 6.44. The molecular weight excluding hydrogens is 278 g/mol. The predicted molar refractivity (Wildman–Crippen MR) is 90.0 cm³/mol. The van der Waals surface area contributed by atoms with Gasteiger partial charge in [0.15, 0.2) is 0 Å². The minimum atomic E-state index is 0.511. The number of halogens is 1. The molecule has 0 saturated carbocycles. The number of nitrogens with one attached hydrogen (secondary N) is 1. The lowest BCUT2D eigenvalue weighted by atomic mass is 9.78. The maximum absolute atomic E-state index is 6.10. The minimum Gasteiger partial charge on any atom is -0.316 e. The zero-order valence-corrected chi connectivity index (χ0v) is 13.2. The molecule has 0 spiro atoms. The summed E-state index contributed by atoms with van der Waals surface area (Å²) in [5, 5.41) is 4.36. The van der Waals surface area contributed by atoms with Crippen LogP contribution < -0.4 is 5.32 Å². The lowest BCUT2D eigenvalue weighted by Crippen LogP contribution is -2.38. The van der Waals surface area contributed by atoms with Gasteiger partial charge >= 0.3 is 0 Å². The molecule has 1 aliphatic carbocycles. The van der Waals surface area contributed by atoms with Gasteiger partial charge in [0.1, 0.15) is 0 Å². The zero-order valence-electron chi connectivity index (χ0n) is 12.5. The third kappa shape index (κ3) is 3.48. The number of hydrogen-bond donors (Lipinski definition) is 1. The van der Waals surface area contributed by atoms with Gasteiger partial charge < -0.3 is 5.32 Å². The van der Waals surface area contributed by atoms with Gasteiger partial charge in [-0.3, -0.25) is 0 Å². The van der Waals surface area contributed by atoms with Crippen LogP contribution in [-0.4, -0.2) is 13.1 Å². The van der Waals surface area contributed by atoms with E-state index in [1.165, 1.54) is 36.0 Å². The summed E-state index contributed by atoms with van der Waals surface area (Å²) in [6, 6.07) is 17.6. The van der Waals surface area contributed by atoms with Crippen LogP contribution >= 0.6 is 11.6 Å². The zero-order chi connectivity index (χ0) is 14.7. The largest absolute Gasteiger partial charge is 0.316 e. The van der Waals surface area contributed by atoms with Crippen LogP contribution in [0.15, 0.2) is 48.5 Å². The van der Waals surface area contributed by atoms with Crippen LogP contribution in [-0.2, 0) is 19.3 Å². The van der Waals surface area contributed by atoms with Crippen LogP contribution in [0.4, 0.5) is 0 Å². The monoisotopic (exact) mass is 299 g/mol. The summed E-state index contributed by atoms with van der Waals surface area (Å²) >= 11 is 6.10. The Kier molecular flexibility index (Phi) is 4.62. The van der Waals surface area contributed by atoms with Crippen molar-refractivity contribution in [3.8, 4) is 0 Å². The lowest BCUT2D eigenvalue weighted by molar-refractivity contribution is 0.333. The van der Waals surface area contributed by atoms with Gasteiger partial charge in [0.05, 0.1) is 0 Å². The Bertz CT molecular complexity index is 608. The Morgan fingerprint density at radius 3 is 2.71 bits per heavy atom. The van der Waals surface area contributed by atoms with Crippen molar-refractivity contribution in [2.45, 2.75) is 31.7 Å². The first-order valence-corrected chi connectivity index (χ1v) is 8.12. The highest BCUT2D eigenvalue weighted by atomic mass is 35.5. The van der Waals surface area contributed by atoms with Gasteiger partial charge in [0.25, 0.3) is 0 Å². The molecule has 2 aromatic carbocycles. The van der Waals surface area contributed by atoms with Crippen molar-refractivity contribution in [1.82, 2.24) is 5.32 Å². The second-order valence-electron chi connectivity index (χ2n) is 6.00. The molecule has 3 rings (SSSR count). The van der Waals surface area contributed by atoms with Crippen LogP contribution in [0.3, 0.4) is 0 Å². The smallest absolute Gasteiger partial charge is 0.0408 e. The van der Waals surface area contributed by atoms with E-state index in [4.69, 9.17) is 11.6 Å². The van der Waals surface area contributed by atoms with Crippen LogP contribution in [0, 0.1) is 5.92 Å². The average molecular weight is 300 g/mol. The van der Waals surface area contributed by atoms with Gasteiger partial charge in [-0.05, 0) is 67.5 Å². The summed E-state index contributed by atoms with van der Waals surface area (Å²) in [6.45, 7) is 0. The molecule has 0 saturated heterocycles. The molecule has 0 aliphatic heterocycles. The molecule has 1 N–H and O–H groups in total. The first-order valence-electron chi connectivity index (χ1n) is 7.75. The molecular formula is C19H22ClN. The van der Waals surface area contributed by atoms with Gasteiger partial charge in [-0.15, -0.1) is 0 Å². The van der Waals surface area contributed by atoms with Crippen LogP contribution in [0.25, 0.3) is 0 Å². The maximum Gasteiger partial charge on any atom is 0.0408 e. The molecule has 2 heteroatoms. The van der Waals surface area contributed by atoms with Crippen LogP contribution in [0.1, 0.15) is 23.1 Å². The Labute approximate surface area is 132 Å². The van der Waals surface area contributed by atoms with Crippen molar-refractivity contribution < 1.29 is 0 Å². The van der Waals surface area contributed by atoms with Gasteiger partial charge in [-0.2, -0.15) is 0 Å². The van der Waals surface area contributed by atoms with E-state index in [1.54, 1.807) is 0 Å². The van der Waals surface area contributed by atoms with Gasteiger partial charge in [-0.1, -0.05) is 48.0 Å². The Morgan fingerprint density at radius 1 is 1.14 bits per heavy atom. The number of hydrogen-bond acceptors (Lipinski definition) is 1. The van der Waals surface area contributed by atoms with Gasteiger partial charge in [0, 0.05) is 11.1 Å². The molecule has 2 aromatic rings. The number of rotatable bonds is 4. The summed E-state index contributed by atoms with van der Waals surface area (Å²) in [5.41, 5.74) is 4.38. The van der Waals surface area contributed by atoms with Crippen molar-refractivity contribution >= 4 is 11.6 Å². The molecule has 1 aliphatic rings. The van der Waals surface area contributed by atoms with Crippen molar-refractivity contribution in [3.63, 3.8) is 0 Å². The van der Waals surface area contributed by atoms with Crippen molar-refractivity contribution in [3.05, 3.63) is 70.2 Å². The fourth-order valence-electron chi connectivity index (χ4n) is 3.49.